The second kappa shape index (κ2) is 10.1. The van der Waals surface area contributed by atoms with E-state index in [1.165, 1.54) is 35.4 Å². The molecular formula is C24H18N4O6S2. The lowest BCUT2D eigenvalue weighted by atomic mass is 10.1. The number of sulfonamides is 2. The van der Waals surface area contributed by atoms with Gasteiger partial charge in [0.2, 0.25) is 0 Å². The summed E-state index contributed by atoms with van der Waals surface area (Å²) in [5.41, 5.74) is 2.78. The molecule has 0 unspecified atom stereocenters. The van der Waals surface area contributed by atoms with Crippen LogP contribution in [0.1, 0.15) is 11.1 Å². The molecule has 0 fully saturated rings. The number of hydrogen-bond acceptors (Lipinski definition) is 6. The second-order valence-electron chi connectivity index (χ2n) is 7.31. The van der Waals surface area contributed by atoms with Gasteiger partial charge in [-0.25, -0.2) is 9.97 Å². The third-order valence-electron chi connectivity index (χ3n) is 4.97. The zero-order valence-electron chi connectivity index (χ0n) is 18.4. The molecule has 0 bridgehead atoms. The van der Waals surface area contributed by atoms with Crippen molar-refractivity contribution in [3.05, 3.63) is 109 Å². The van der Waals surface area contributed by atoms with E-state index in [0.717, 1.165) is 0 Å². The lowest BCUT2D eigenvalue weighted by Crippen LogP contribution is -2.15. The van der Waals surface area contributed by atoms with Gasteiger partial charge >= 0.3 is 0 Å². The highest BCUT2D eigenvalue weighted by molar-refractivity contribution is 7.91. The number of H-pyrrole nitrogens is 2. The average Bonchev–Trinajstić information content (AvgIpc) is 3.28. The Kier molecular flexibility index (Phi) is 6.90. The lowest BCUT2D eigenvalue weighted by Gasteiger charge is -2.01. The lowest BCUT2D eigenvalue weighted by molar-refractivity contribution is -0.378. The Morgan fingerprint density at radius 3 is 1.19 bits per heavy atom. The summed E-state index contributed by atoms with van der Waals surface area (Å²) in [5.74, 6) is -1.35. The normalized spacial score (nSPS) is 15.6. The molecule has 36 heavy (non-hydrogen) atoms. The van der Waals surface area contributed by atoms with Gasteiger partial charge in [-0.05, 0) is 23.3 Å². The number of fused-ring (bicyclic) bond motifs is 2. The van der Waals surface area contributed by atoms with Gasteiger partial charge in [-0.1, -0.05) is 36.4 Å². The molecule has 0 radical (unpaired) electrons. The average molecular weight is 523 g/mol. The van der Waals surface area contributed by atoms with Gasteiger partial charge in [0.25, 0.3) is 20.0 Å². The van der Waals surface area contributed by atoms with Crippen molar-refractivity contribution in [2.24, 2.45) is 8.80 Å². The summed E-state index contributed by atoms with van der Waals surface area (Å²) in [4.78, 5) is 6.01. The van der Waals surface area contributed by atoms with Crippen molar-refractivity contribution in [3.8, 4) is 11.1 Å². The molecule has 182 valence electrons. The molecule has 0 spiro atoms. The smallest absolute Gasteiger partial charge is 0.282 e. The van der Waals surface area contributed by atoms with Crippen molar-refractivity contribution >= 4 is 31.8 Å². The molecule has 0 atom stereocenters. The van der Waals surface area contributed by atoms with Crippen LogP contribution in [0.2, 0.25) is 0 Å². The van der Waals surface area contributed by atoms with E-state index >= 15 is 0 Å². The van der Waals surface area contributed by atoms with Gasteiger partial charge in [0.1, 0.15) is 0 Å². The van der Waals surface area contributed by atoms with Gasteiger partial charge in [0.05, 0.1) is 9.79 Å². The molecule has 0 amide bonds. The fraction of sp³-hybridized carbons (Fsp3) is 0. The zero-order valence-corrected chi connectivity index (χ0v) is 20.0. The standard InChI is InChI=1S/C10H8N2.2C7H5NO3S/c1-5-11-6-2-9(1)10-3-7-12-8-4-10;2*9-7-5-3-1-2-4-6(5)12(10,11)8-7/h1-8H;2*1-4H,(H,8,9). The van der Waals surface area contributed by atoms with Crippen LogP contribution in [0.15, 0.2) is 116 Å². The molecule has 10 nitrogen and oxygen atoms in total. The number of hydrogen-bond donors (Lipinski definition) is 0. The van der Waals surface area contributed by atoms with Crippen molar-refractivity contribution in [1.82, 2.24) is 0 Å². The maximum absolute atomic E-state index is 11.1. The maximum atomic E-state index is 11.1. The van der Waals surface area contributed by atoms with Gasteiger partial charge in [0.15, 0.2) is 24.8 Å². The van der Waals surface area contributed by atoms with Gasteiger partial charge < -0.3 is 10.2 Å². The monoisotopic (exact) mass is 522 g/mol. The van der Waals surface area contributed by atoms with Crippen LogP contribution in [0.5, 0.6) is 0 Å². The van der Waals surface area contributed by atoms with E-state index in [1.807, 2.05) is 24.8 Å². The highest BCUT2D eigenvalue weighted by Gasteiger charge is 2.23. The molecule has 12 heteroatoms. The summed E-state index contributed by atoms with van der Waals surface area (Å²) >= 11 is 0. The summed E-state index contributed by atoms with van der Waals surface area (Å²) in [6, 6.07) is 20.2. The van der Waals surface area contributed by atoms with Crippen molar-refractivity contribution < 1.29 is 37.0 Å². The maximum Gasteiger partial charge on any atom is 0.282 e. The van der Waals surface area contributed by atoms with Crippen molar-refractivity contribution in [1.29, 1.82) is 0 Å². The largest absolute Gasteiger partial charge is 0.858 e. The predicted molar refractivity (Wildman–Crippen MR) is 125 cm³/mol. The van der Waals surface area contributed by atoms with Gasteiger partial charge in [-0.15, -0.1) is 0 Å². The number of benzene rings is 2. The third kappa shape index (κ3) is 5.29. The summed E-state index contributed by atoms with van der Waals surface area (Å²) in [6.45, 7) is 0. The second-order valence-corrected chi connectivity index (χ2v) is 10.5. The minimum atomic E-state index is -3.68. The van der Waals surface area contributed by atoms with E-state index in [9.17, 15) is 27.0 Å². The van der Waals surface area contributed by atoms with Gasteiger partial charge in [-0.3, -0.25) is 0 Å². The minimum absolute atomic E-state index is 0.00926. The first-order chi connectivity index (χ1) is 17.2. The van der Waals surface area contributed by atoms with Crippen LogP contribution >= 0.6 is 0 Å². The zero-order chi connectivity index (χ0) is 25.8. The molecule has 2 aliphatic heterocycles. The Labute approximate surface area is 207 Å². The van der Waals surface area contributed by atoms with E-state index in [-0.39, 0.29) is 20.9 Å². The minimum Gasteiger partial charge on any atom is -0.858 e. The first kappa shape index (κ1) is 24.7. The molecule has 2 aromatic heterocycles. The third-order valence-corrected chi connectivity index (χ3v) is 7.60. The highest BCUT2D eigenvalue weighted by Crippen LogP contribution is 2.24. The number of pyridine rings is 2. The van der Waals surface area contributed by atoms with Crippen LogP contribution in [-0.4, -0.2) is 28.6 Å². The Morgan fingerprint density at radius 2 is 0.861 bits per heavy atom. The number of aromatic amines is 2. The quantitative estimate of drug-likeness (QED) is 0.340. The predicted octanol–water partition coefficient (Wildman–Crippen LogP) is -0.0266. The molecular weight excluding hydrogens is 504 g/mol. The summed E-state index contributed by atoms with van der Waals surface area (Å²) < 4.78 is 50.3. The highest BCUT2D eigenvalue weighted by atomic mass is 32.2. The topological polar surface area (TPSA) is 167 Å². The summed E-state index contributed by atoms with van der Waals surface area (Å²) in [7, 11) is -7.36. The van der Waals surface area contributed by atoms with E-state index in [0.29, 0.717) is 0 Å². The summed E-state index contributed by atoms with van der Waals surface area (Å²) in [6.07, 6.45) is 7.69. The van der Waals surface area contributed by atoms with Crippen LogP contribution in [-0.2, 0) is 20.0 Å². The Balaban J connectivity index is 0.000000127. The molecule has 2 aliphatic rings. The fourth-order valence-corrected chi connectivity index (χ4v) is 5.51. The molecule has 0 saturated heterocycles. The van der Waals surface area contributed by atoms with Gasteiger partial charge in [0, 0.05) is 47.2 Å². The van der Waals surface area contributed by atoms with Crippen LogP contribution in [0.3, 0.4) is 0 Å². The van der Waals surface area contributed by atoms with Crippen molar-refractivity contribution in [2.45, 2.75) is 9.79 Å². The molecule has 4 aromatic rings. The Hall–Kier alpha value is -4.42. The van der Waals surface area contributed by atoms with Crippen molar-refractivity contribution in [3.63, 3.8) is 0 Å². The van der Waals surface area contributed by atoms with Gasteiger partial charge in [-0.2, -0.15) is 25.6 Å². The molecule has 0 saturated carbocycles. The first-order valence-electron chi connectivity index (χ1n) is 10.3. The van der Waals surface area contributed by atoms with Crippen LogP contribution < -0.4 is 20.2 Å². The van der Waals surface area contributed by atoms with E-state index in [2.05, 4.69) is 43.0 Å². The van der Waals surface area contributed by atoms with E-state index in [4.69, 9.17) is 0 Å². The molecule has 4 heterocycles. The number of nitrogens with zero attached hydrogens (tertiary/aromatic N) is 2. The van der Waals surface area contributed by atoms with Crippen molar-refractivity contribution in [2.75, 3.05) is 0 Å². The number of nitrogens with one attached hydrogen (secondary N) is 2. The Morgan fingerprint density at radius 1 is 0.528 bits per heavy atom. The van der Waals surface area contributed by atoms with Crippen LogP contribution in [0, 0.1) is 0 Å². The Bertz CT molecular complexity index is 1550. The van der Waals surface area contributed by atoms with Crippen LogP contribution in [0.25, 0.3) is 11.1 Å². The number of aromatic nitrogens is 2. The molecule has 0 aliphatic carbocycles. The number of rotatable bonds is 1. The molecule has 2 N–H and O–H groups in total. The van der Waals surface area contributed by atoms with Crippen LogP contribution in [0.4, 0.5) is 0 Å². The summed E-state index contributed by atoms with van der Waals surface area (Å²) in [5, 5.41) is 21.9. The molecule has 2 aromatic carbocycles. The molecule has 6 rings (SSSR count). The SMILES string of the molecule is O=S1(=O)N=C([O-])c2ccccc21.O=S1(=O)N=C([O-])c2ccccc21.c1cc(-c2cc[nH+]cc2)cc[nH+]1. The first-order valence-corrected chi connectivity index (χ1v) is 13.2. The van der Waals surface area contributed by atoms with E-state index in [1.54, 1.807) is 24.3 Å². The van der Waals surface area contributed by atoms with E-state index < -0.39 is 31.8 Å². The fourth-order valence-electron chi connectivity index (χ4n) is 3.31.